The predicted molar refractivity (Wildman–Crippen MR) is 114 cm³/mol. The van der Waals surface area contributed by atoms with Gasteiger partial charge in [-0.2, -0.15) is 0 Å². The van der Waals surface area contributed by atoms with E-state index >= 15 is 0 Å². The highest BCUT2D eigenvalue weighted by atomic mass is 32.1. The molecule has 0 spiro atoms. The van der Waals surface area contributed by atoms with E-state index in [0.717, 1.165) is 58.0 Å². The van der Waals surface area contributed by atoms with Crippen LogP contribution in [0.1, 0.15) is 49.4 Å². The lowest BCUT2D eigenvalue weighted by Crippen LogP contribution is -2.37. The van der Waals surface area contributed by atoms with Crippen molar-refractivity contribution in [2.45, 2.75) is 45.6 Å². The number of hydrogen-bond acceptors (Lipinski definition) is 4. The molecule has 1 fully saturated rings. The number of hydrogen-bond donors (Lipinski definition) is 0. The Morgan fingerprint density at radius 1 is 1.15 bits per heavy atom. The molecule has 1 aliphatic rings. The third-order valence-corrected chi connectivity index (χ3v) is 6.59. The van der Waals surface area contributed by atoms with E-state index in [1.54, 1.807) is 11.3 Å². The lowest BCUT2D eigenvalue weighted by molar-refractivity contribution is 0.215. The molecular weight excluding hydrogens is 354 g/mol. The predicted octanol–water partition coefficient (Wildman–Crippen LogP) is 4.82. The van der Waals surface area contributed by atoms with Crippen LogP contribution in [0.25, 0.3) is 21.3 Å². The van der Waals surface area contributed by atoms with Crippen molar-refractivity contribution >= 4 is 21.6 Å². The molecule has 0 amide bonds. The van der Waals surface area contributed by atoms with Crippen molar-refractivity contribution in [1.29, 1.82) is 0 Å². The smallest absolute Gasteiger partial charge is 0.263 e. The van der Waals surface area contributed by atoms with E-state index in [1.807, 2.05) is 22.8 Å². The lowest BCUT2D eigenvalue weighted by Gasteiger charge is -2.32. The summed E-state index contributed by atoms with van der Waals surface area (Å²) < 4.78 is 2.03. The van der Waals surface area contributed by atoms with Crippen LogP contribution in [0, 0.1) is 6.92 Å². The second kappa shape index (κ2) is 7.21. The zero-order chi connectivity index (χ0) is 19.1. The van der Waals surface area contributed by atoms with Gasteiger partial charge in [-0.05, 0) is 45.5 Å². The number of thiophene rings is 1. The third kappa shape index (κ3) is 3.23. The number of fused-ring (bicyclic) bond motifs is 1. The van der Waals surface area contributed by atoms with Gasteiger partial charge in [-0.25, -0.2) is 4.98 Å². The second-order valence-electron chi connectivity index (χ2n) is 7.91. The molecular formula is C22H27N3OS. The summed E-state index contributed by atoms with van der Waals surface area (Å²) in [4.78, 5) is 23.1. The summed E-state index contributed by atoms with van der Waals surface area (Å²) in [5, 5.41) is 0.798. The number of aromatic nitrogens is 2. The first-order valence-corrected chi connectivity index (χ1v) is 10.6. The van der Waals surface area contributed by atoms with E-state index < -0.39 is 0 Å². The summed E-state index contributed by atoms with van der Waals surface area (Å²) in [6, 6.07) is 10.5. The standard InChI is InChI=1S/C22H27N3OS/c1-14(2)20-23-21-19(18(15(3)27-21)16-8-6-5-7-9-16)22(26)25(20)17-10-12-24(4)13-11-17/h5-9,14,17H,10-13H2,1-4H3. The number of rotatable bonds is 3. The van der Waals surface area contributed by atoms with Crippen molar-refractivity contribution in [2.75, 3.05) is 20.1 Å². The minimum Gasteiger partial charge on any atom is -0.306 e. The Morgan fingerprint density at radius 3 is 2.44 bits per heavy atom. The summed E-state index contributed by atoms with van der Waals surface area (Å²) in [6.07, 6.45) is 2.01. The Bertz CT molecular complexity index is 1010. The molecule has 0 atom stereocenters. The lowest BCUT2D eigenvalue weighted by atomic mass is 10.0. The average Bonchev–Trinajstić information content (AvgIpc) is 2.99. The monoisotopic (exact) mass is 381 g/mol. The first kappa shape index (κ1) is 18.4. The molecule has 0 radical (unpaired) electrons. The van der Waals surface area contributed by atoms with Crippen LogP contribution in [0.3, 0.4) is 0 Å². The number of aryl methyl sites for hydroxylation is 1. The van der Waals surface area contributed by atoms with Crippen LogP contribution < -0.4 is 5.56 Å². The van der Waals surface area contributed by atoms with Gasteiger partial charge in [-0.1, -0.05) is 44.2 Å². The maximum Gasteiger partial charge on any atom is 0.263 e. The van der Waals surface area contributed by atoms with E-state index in [2.05, 4.69) is 44.9 Å². The van der Waals surface area contributed by atoms with E-state index in [9.17, 15) is 4.79 Å². The van der Waals surface area contributed by atoms with Crippen LogP contribution in [-0.2, 0) is 0 Å². The van der Waals surface area contributed by atoms with Gasteiger partial charge in [0, 0.05) is 22.4 Å². The fourth-order valence-corrected chi connectivity index (χ4v) is 5.20. The average molecular weight is 382 g/mol. The first-order chi connectivity index (χ1) is 13.0. The van der Waals surface area contributed by atoms with Crippen LogP contribution in [0.15, 0.2) is 35.1 Å². The topological polar surface area (TPSA) is 38.1 Å². The Kier molecular flexibility index (Phi) is 4.91. The van der Waals surface area contributed by atoms with E-state index in [0.29, 0.717) is 0 Å². The van der Waals surface area contributed by atoms with Crippen LogP contribution in [0.5, 0.6) is 0 Å². The number of nitrogens with zero attached hydrogens (tertiary/aromatic N) is 3. The summed E-state index contributed by atoms with van der Waals surface area (Å²) in [5.74, 6) is 1.16. The Morgan fingerprint density at radius 2 is 1.81 bits per heavy atom. The van der Waals surface area contributed by atoms with Crippen molar-refractivity contribution in [1.82, 2.24) is 14.5 Å². The SMILES string of the molecule is Cc1sc2nc(C(C)C)n(C3CCN(C)CC3)c(=O)c2c1-c1ccccc1. The summed E-state index contributed by atoms with van der Waals surface area (Å²) in [7, 11) is 2.15. The molecule has 0 N–H and O–H groups in total. The van der Waals surface area contributed by atoms with Crippen LogP contribution in [-0.4, -0.2) is 34.6 Å². The first-order valence-electron chi connectivity index (χ1n) is 9.77. The largest absolute Gasteiger partial charge is 0.306 e. The minimum atomic E-state index is 0.140. The third-order valence-electron chi connectivity index (χ3n) is 5.59. The van der Waals surface area contributed by atoms with Crippen molar-refractivity contribution in [3.8, 4) is 11.1 Å². The highest BCUT2D eigenvalue weighted by Gasteiger charge is 2.26. The van der Waals surface area contributed by atoms with Gasteiger partial charge < -0.3 is 4.90 Å². The minimum absolute atomic E-state index is 0.140. The van der Waals surface area contributed by atoms with Crippen LogP contribution >= 0.6 is 11.3 Å². The van der Waals surface area contributed by atoms with Gasteiger partial charge in [0.15, 0.2) is 0 Å². The van der Waals surface area contributed by atoms with Gasteiger partial charge in [-0.3, -0.25) is 9.36 Å². The Hall–Kier alpha value is -1.98. The molecule has 0 unspecified atom stereocenters. The highest BCUT2D eigenvalue weighted by Crippen LogP contribution is 2.37. The van der Waals surface area contributed by atoms with Crippen LogP contribution in [0.4, 0.5) is 0 Å². The number of likely N-dealkylation sites (tertiary alicyclic amines) is 1. The number of benzene rings is 1. The van der Waals surface area contributed by atoms with Crippen molar-refractivity contribution in [2.24, 2.45) is 0 Å². The fourth-order valence-electron chi connectivity index (χ4n) is 4.16. The molecule has 142 valence electrons. The maximum absolute atomic E-state index is 13.8. The zero-order valence-electron chi connectivity index (χ0n) is 16.5. The summed E-state index contributed by atoms with van der Waals surface area (Å²) in [5.41, 5.74) is 2.30. The van der Waals surface area contributed by atoms with Gasteiger partial charge in [-0.15, -0.1) is 11.3 Å². The van der Waals surface area contributed by atoms with Gasteiger partial charge >= 0.3 is 0 Å². The van der Waals surface area contributed by atoms with E-state index in [-0.39, 0.29) is 17.5 Å². The normalized spacial score (nSPS) is 16.5. The molecule has 27 heavy (non-hydrogen) atoms. The van der Waals surface area contributed by atoms with Crippen molar-refractivity contribution in [3.63, 3.8) is 0 Å². The second-order valence-corrected chi connectivity index (χ2v) is 9.12. The molecule has 0 saturated carbocycles. The van der Waals surface area contributed by atoms with Gasteiger partial charge in [0.05, 0.1) is 5.39 Å². The molecule has 3 aromatic rings. The molecule has 2 aromatic heterocycles. The molecule has 3 heterocycles. The van der Waals surface area contributed by atoms with E-state index in [4.69, 9.17) is 4.98 Å². The van der Waals surface area contributed by atoms with Gasteiger partial charge in [0.1, 0.15) is 10.7 Å². The molecule has 4 rings (SSSR count). The van der Waals surface area contributed by atoms with E-state index in [1.165, 1.54) is 0 Å². The molecule has 1 saturated heterocycles. The maximum atomic E-state index is 13.8. The Labute approximate surface area is 164 Å². The van der Waals surface area contributed by atoms with Gasteiger partial charge in [0.2, 0.25) is 0 Å². The molecule has 4 nitrogen and oxygen atoms in total. The molecule has 0 aliphatic carbocycles. The molecule has 1 aromatic carbocycles. The van der Waals surface area contributed by atoms with Gasteiger partial charge in [0.25, 0.3) is 5.56 Å². The van der Waals surface area contributed by atoms with Crippen molar-refractivity contribution < 1.29 is 0 Å². The summed E-state index contributed by atoms with van der Waals surface area (Å²) >= 11 is 1.64. The molecule has 5 heteroatoms. The Balaban J connectivity index is 1.98. The fraction of sp³-hybridized carbons (Fsp3) is 0.455. The molecule has 0 bridgehead atoms. The number of piperidine rings is 1. The van der Waals surface area contributed by atoms with Crippen LogP contribution in [0.2, 0.25) is 0 Å². The molecule has 1 aliphatic heterocycles. The quantitative estimate of drug-likeness (QED) is 0.653. The van der Waals surface area contributed by atoms with Crippen molar-refractivity contribution in [3.05, 3.63) is 51.4 Å². The highest BCUT2D eigenvalue weighted by molar-refractivity contribution is 7.19. The summed E-state index contributed by atoms with van der Waals surface area (Å²) in [6.45, 7) is 8.43. The zero-order valence-corrected chi connectivity index (χ0v) is 17.3.